The molecule has 0 saturated carbocycles. The van der Waals surface area contributed by atoms with E-state index in [9.17, 15) is 0 Å². The number of para-hydroxylation sites is 2. The Labute approximate surface area is 148 Å². The molecule has 0 radical (unpaired) electrons. The number of fused-ring (bicyclic) bond motifs is 3. The van der Waals surface area contributed by atoms with Crippen LogP contribution in [0.15, 0.2) is 42.6 Å². The van der Waals surface area contributed by atoms with Gasteiger partial charge >= 0.3 is 0 Å². The lowest BCUT2D eigenvalue weighted by Gasteiger charge is -2.35. The topological polar surface area (TPSA) is 75.6 Å². The van der Waals surface area contributed by atoms with Gasteiger partial charge in [0.1, 0.15) is 0 Å². The van der Waals surface area contributed by atoms with Gasteiger partial charge in [-0.2, -0.15) is 4.37 Å². The van der Waals surface area contributed by atoms with Gasteiger partial charge in [-0.1, -0.05) is 12.1 Å². The van der Waals surface area contributed by atoms with E-state index in [1.807, 2.05) is 30.3 Å². The fraction of sp³-hybridized carbons (Fsp3) is 0.235. The molecule has 1 aliphatic heterocycles. The minimum atomic E-state index is 0.729. The van der Waals surface area contributed by atoms with Crippen molar-refractivity contribution in [2.75, 3.05) is 41.7 Å². The highest BCUT2D eigenvalue weighted by Crippen LogP contribution is 2.28. The molecule has 2 N–H and O–H groups in total. The number of aromatic nitrogens is 4. The molecule has 0 aliphatic carbocycles. The van der Waals surface area contributed by atoms with Crippen LogP contribution in [0.3, 0.4) is 0 Å². The predicted molar refractivity (Wildman–Crippen MR) is 101 cm³/mol. The highest BCUT2D eigenvalue weighted by molar-refractivity contribution is 7.11. The number of nitrogens with zero attached hydrogens (tertiary/aromatic N) is 6. The predicted octanol–water partition coefficient (Wildman–Crippen LogP) is 2.25. The van der Waals surface area contributed by atoms with Gasteiger partial charge in [-0.15, -0.1) is 0 Å². The molecule has 1 aliphatic rings. The molecule has 8 heteroatoms. The normalized spacial score (nSPS) is 15.4. The van der Waals surface area contributed by atoms with Gasteiger partial charge in [0.05, 0.1) is 16.7 Å². The van der Waals surface area contributed by atoms with Crippen LogP contribution in [0, 0.1) is 0 Å². The van der Waals surface area contributed by atoms with Crippen molar-refractivity contribution in [2.24, 2.45) is 0 Å². The first-order valence-electron chi connectivity index (χ1n) is 8.24. The van der Waals surface area contributed by atoms with Gasteiger partial charge in [-0.25, -0.2) is 9.97 Å². The summed E-state index contributed by atoms with van der Waals surface area (Å²) in [7, 11) is 0. The largest absolute Gasteiger partial charge is 0.396 e. The van der Waals surface area contributed by atoms with Gasteiger partial charge in [0, 0.05) is 43.9 Å². The van der Waals surface area contributed by atoms with E-state index in [2.05, 4.69) is 34.6 Å². The number of anilines is 3. The summed E-state index contributed by atoms with van der Waals surface area (Å²) in [5, 5.41) is 0. The highest BCUT2D eigenvalue weighted by Gasteiger charge is 2.24. The van der Waals surface area contributed by atoms with Gasteiger partial charge < -0.3 is 15.5 Å². The van der Waals surface area contributed by atoms with Crippen molar-refractivity contribution in [1.29, 1.82) is 0 Å². The second-order valence-electron chi connectivity index (χ2n) is 6.09. The molecule has 4 heterocycles. The summed E-state index contributed by atoms with van der Waals surface area (Å²) < 4.78 is 6.81. The summed E-state index contributed by atoms with van der Waals surface area (Å²) in [6, 6.07) is 12.0. The Morgan fingerprint density at radius 3 is 2.60 bits per heavy atom. The smallest absolute Gasteiger partial charge is 0.223 e. The van der Waals surface area contributed by atoms with Crippen LogP contribution in [0.5, 0.6) is 0 Å². The Balaban J connectivity index is 1.44. The standard InChI is InChI=1S/C17H17N7S/c18-12-4-3-7-19-15(12)22-8-10-23(11-9-22)16-21-25-17-20-13-5-1-2-6-14(13)24(16)17/h1-7H,8-11,18H2. The summed E-state index contributed by atoms with van der Waals surface area (Å²) in [6.07, 6.45) is 1.79. The number of imidazole rings is 1. The summed E-state index contributed by atoms with van der Waals surface area (Å²) in [5.74, 6) is 1.85. The zero-order valence-corrected chi connectivity index (χ0v) is 14.4. The lowest BCUT2D eigenvalue weighted by molar-refractivity contribution is 0.636. The quantitative estimate of drug-likeness (QED) is 0.597. The molecular formula is C17H17N7S. The van der Waals surface area contributed by atoms with E-state index in [0.29, 0.717) is 0 Å². The Morgan fingerprint density at radius 2 is 1.76 bits per heavy atom. The van der Waals surface area contributed by atoms with Crippen LogP contribution in [-0.4, -0.2) is 44.9 Å². The maximum Gasteiger partial charge on any atom is 0.223 e. The first-order valence-corrected chi connectivity index (χ1v) is 9.02. The molecule has 0 spiro atoms. The Bertz CT molecular complexity index is 1050. The van der Waals surface area contributed by atoms with Crippen molar-refractivity contribution in [2.45, 2.75) is 0 Å². The first-order chi connectivity index (χ1) is 12.3. The monoisotopic (exact) mass is 351 g/mol. The van der Waals surface area contributed by atoms with E-state index < -0.39 is 0 Å². The minimum absolute atomic E-state index is 0.729. The Hall–Kier alpha value is -2.87. The molecule has 0 bridgehead atoms. The molecule has 7 nitrogen and oxygen atoms in total. The molecule has 0 unspecified atom stereocenters. The number of benzene rings is 1. The third kappa shape index (κ3) is 2.29. The van der Waals surface area contributed by atoms with Crippen molar-refractivity contribution >= 4 is 45.0 Å². The minimum Gasteiger partial charge on any atom is -0.396 e. The van der Waals surface area contributed by atoms with Crippen molar-refractivity contribution in [3.05, 3.63) is 42.6 Å². The first kappa shape index (κ1) is 14.5. The van der Waals surface area contributed by atoms with Crippen LogP contribution in [0.2, 0.25) is 0 Å². The van der Waals surface area contributed by atoms with Gasteiger partial charge in [-0.05, 0) is 24.3 Å². The molecule has 25 heavy (non-hydrogen) atoms. The maximum atomic E-state index is 6.06. The number of rotatable bonds is 2. The average molecular weight is 351 g/mol. The lowest BCUT2D eigenvalue weighted by atomic mass is 10.3. The van der Waals surface area contributed by atoms with Crippen LogP contribution in [0.1, 0.15) is 0 Å². The molecule has 5 rings (SSSR count). The zero-order valence-electron chi connectivity index (χ0n) is 13.5. The van der Waals surface area contributed by atoms with E-state index in [4.69, 9.17) is 5.73 Å². The second-order valence-corrected chi connectivity index (χ2v) is 6.82. The van der Waals surface area contributed by atoms with Gasteiger partial charge in [0.15, 0.2) is 5.82 Å². The molecule has 0 atom stereocenters. The van der Waals surface area contributed by atoms with Crippen molar-refractivity contribution in [1.82, 2.24) is 18.7 Å². The van der Waals surface area contributed by atoms with E-state index in [-0.39, 0.29) is 0 Å². The maximum absolute atomic E-state index is 6.06. The molecule has 1 saturated heterocycles. The third-order valence-electron chi connectivity index (χ3n) is 4.62. The van der Waals surface area contributed by atoms with Crippen molar-refractivity contribution in [3.63, 3.8) is 0 Å². The summed E-state index contributed by atoms with van der Waals surface area (Å²) in [5.41, 5.74) is 8.91. The van der Waals surface area contributed by atoms with E-state index in [0.717, 1.165) is 59.6 Å². The molecule has 126 valence electrons. The lowest BCUT2D eigenvalue weighted by Crippen LogP contribution is -2.47. The molecule has 3 aromatic heterocycles. The fourth-order valence-corrected chi connectivity index (χ4v) is 4.13. The number of hydrogen-bond donors (Lipinski definition) is 1. The van der Waals surface area contributed by atoms with Crippen molar-refractivity contribution in [3.8, 4) is 0 Å². The molecule has 1 fully saturated rings. The molecule has 1 aromatic carbocycles. The van der Waals surface area contributed by atoms with Crippen LogP contribution in [-0.2, 0) is 0 Å². The highest BCUT2D eigenvalue weighted by atomic mass is 32.1. The average Bonchev–Trinajstić information content (AvgIpc) is 3.21. The molecule has 0 amide bonds. The second kappa shape index (κ2) is 5.59. The molecular weight excluding hydrogens is 334 g/mol. The van der Waals surface area contributed by atoms with E-state index in [1.165, 1.54) is 11.5 Å². The van der Waals surface area contributed by atoms with Gasteiger partial charge in [0.2, 0.25) is 10.9 Å². The van der Waals surface area contributed by atoms with Crippen molar-refractivity contribution < 1.29 is 0 Å². The number of nitrogens with two attached hydrogens (primary N) is 1. The van der Waals surface area contributed by atoms with Crippen LogP contribution in [0.4, 0.5) is 17.5 Å². The number of piperazine rings is 1. The van der Waals surface area contributed by atoms with Crippen LogP contribution < -0.4 is 15.5 Å². The third-order valence-corrected chi connectivity index (χ3v) is 5.31. The van der Waals surface area contributed by atoms with Crippen LogP contribution in [0.25, 0.3) is 16.0 Å². The van der Waals surface area contributed by atoms with Gasteiger partial charge in [0.25, 0.3) is 0 Å². The Morgan fingerprint density at radius 1 is 0.960 bits per heavy atom. The Kier molecular flexibility index (Phi) is 3.24. The summed E-state index contributed by atoms with van der Waals surface area (Å²) in [6.45, 7) is 3.49. The summed E-state index contributed by atoms with van der Waals surface area (Å²) in [4.78, 5) is 14.6. The molecule has 4 aromatic rings. The van der Waals surface area contributed by atoms with Crippen LogP contribution >= 0.6 is 11.5 Å². The number of pyridine rings is 1. The zero-order chi connectivity index (χ0) is 16.8. The number of nitrogen functional groups attached to an aromatic ring is 1. The van der Waals surface area contributed by atoms with E-state index >= 15 is 0 Å². The SMILES string of the molecule is Nc1cccnc1N1CCN(c2nsc3nc4ccccc4n23)CC1. The fourth-order valence-electron chi connectivity index (χ4n) is 3.37. The number of hydrogen-bond acceptors (Lipinski definition) is 7. The van der Waals surface area contributed by atoms with E-state index in [1.54, 1.807) is 6.20 Å². The van der Waals surface area contributed by atoms with Gasteiger partial charge in [-0.3, -0.25) is 4.40 Å². The summed E-state index contributed by atoms with van der Waals surface area (Å²) >= 11 is 1.45.